The van der Waals surface area contributed by atoms with Crippen LogP contribution in [0.3, 0.4) is 0 Å². The van der Waals surface area contributed by atoms with Crippen molar-refractivity contribution in [3.8, 4) is 5.75 Å². The molecule has 3 aromatic rings. The zero-order valence-electron chi connectivity index (χ0n) is 48.3. The highest BCUT2D eigenvalue weighted by Crippen LogP contribution is 2.49. The van der Waals surface area contributed by atoms with Crippen molar-refractivity contribution < 1.29 is 67.0 Å². The number of allylic oxidation sites excluding steroid dienone is 3. The molecular formula is C57H82ClN9O14. The lowest BCUT2D eigenvalue weighted by Crippen LogP contribution is -2.63. The predicted octanol–water partition coefficient (Wildman–Crippen LogP) is 3.37. The molecule has 446 valence electrons. The highest BCUT2D eigenvalue weighted by atomic mass is 35.5. The lowest BCUT2D eigenvalue weighted by atomic mass is 9.83. The zero-order chi connectivity index (χ0) is 59.0. The van der Waals surface area contributed by atoms with Gasteiger partial charge in [0.15, 0.2) is 5.72 Å². The second kappa shape index (κ2) is 29.7. The van der Waals surface area contributed by atoms with Gasteiger partial charge in [-0.2, -0.15) is 0 Å². The summed E-state index contributed by atoms with van der Waals surface area (Å²) < 4.78 is 42.8. The van der Waals surface area contributed by atoms with Gasteiger partial charge in [0.2, 0.25) is 23.6 Å². The number of aliphatic hydroxyl groups is 1. The molecule has 6 N–H and O–H groups in total. The van der Waals surface area contributed by atoms with Crippen LogP contribution in [0.1, 0.15) is 64.6 Å². The number of hydrogen-bond acceptors (Lipinski definition) is 17. The van der Waals surface area contributed by atoms with Crippen LogP contribution in [-0.4, -0.2) is 192 Å². The molecule has 0 spiro atoms. The third-order valence-electron chi connectivity index (χ3n) is 15.1. The molecule has 8 unspecified atom stereocenters. The number of rotatable bonds is 25. The van der Waals surface area contributed by atoms with E-state index in [1.807, 2.05) is 44.2 Å². The minimum atomic E-state index is -1.87. The molecule has 23 nitrogen and oxygen atoms in total. The Bertz CT molecular complexity index is 2740. The number of carbonyl (C=O) groups excluding carboxylic acids is 6. The number of carbonyl (C=O) groups is 6. The summed E-state index contributed by atoms with van der Waals surface area (Å²) in [6, 6.07) is 12.7. The number of nitrogens with one attached hydrogen (secondary N) is 5. The first-order chi connectivity index (χ1) is 38.6. The topological polar surface area (TPSA) is 265 Å². The fraction of sp³-hybridized carbons (Fsp3) is 0.579. The number of ether oxygens (including phenoxy) is 7. The molecule has 8 atom stereocenters. The van der Waals surface area contributed by atoms with Crippen LogP contribution >= 0.6 is 11.6 Å². The van der Waals surface area contributed by atoms with Crippen molar-refractivity contribution in [3.63, 3.8) is 0 Å². The SMILES string of the molecule is CNN(C)Cc1cc2ccccc2n1CCC(=O)NCCNCC(=O)NCCOCCOCCC(=O)N(C)C(C)C(=O)OC1CC(=O)N(C)c2cc(cc(OC)c2Cl)CC(C)=CC=CC(OC)C2(O)CC(OC(=O)N2)C(C)C2OC12C. The van der Waals surface area contributed by atoms with Crippen LogP contribution in [0.2, 0.25) is 5.02 Å². The van der Waals surface area contributed by atoms with E-state index in [1.54, 1.807) is 45.2 Å². The van der Waals surface area contributed by atoms with Crippen molar-refractivity contribution in [3.05, 3.63) is 82.5 Å². The van der Waals surface area contributed by atoms with E-state index in [2.05, 4.69) is 49.5 Å². The Kier molecular flexibility index (Phi) is 23.5. The standard InChI is InChI=1S/C57H82ClN9O14/c1-36-14-13-17-46(76-10)57(74)33-45(79-55(73)63-57)37(2)53-56(4,81-53)47(32-51(71)66(8)43-29-39(28-36)30-44(75-9)52(43)58)80-54(72)38(3)65(7)50(70)19-24-77-26-27-78-25-22-62-49(69)34-60-20-21-61-48(68)18-23-67-41(35-64(6)59-5)31-40-15-11-12-16-42(40)67/h11-17,29-31,37-38,45-47,53,59-60,74H,18-28,32-35H2,1-10H3,(H,61,68)(H,62,69)(H,63,73). The van der Waals surface area contributed by atoms with Crippen LogP contribution in [0, 0.1) is 5.92 Å². The predicted molar refractivity (Wildman–Crippen MR) is 303 cm³/mol. The van der Waals surface area contributed by atoms with Crippen molar-refractivity contribution in [2.75, 3.05) is 99.9 Å². The first kappa shape index (κ1) is 64.0. The van der Waals surface area contributed by atoms with E-state index in [0.717, 1.165) is 27.7 Å². The fourth-order valence-electron chi connectivity index (χ4n) is 9.98. The van der Waals surface area contributed by atoms with Crippen molar-refractivity contribution in [1.29, 1.82) is 0 Å². The quantitative estimate of drug-likeness (QED) is 0.0307. The van der Waals surface area contributed by atoms with Gasteiger partial charge in [0.25, 0.3) is 0 Å². The number of halogens is 1. The molecule has 2 saturated heterocycles. The lowest BCUT2D eigenvalue weighted by molar-refractivity contribution is -0.162. The minimum absolute atomic E-state index is 0.0360. The van der Waals surface area contributed by atoms with Gasteiger partial charge >= 0.3 is 12.1 Å². The molecule has 81 heavy (non-hydrogen) atoms. The molecule has 24 heteroatoms. The summed E-state index contributed by atoms with van der Waals surface area (Å²) in [5.74, 6) is -2.22. The summed E-state index contributed by atoms with van der Waals surface area (Å²) in [5.41, 5.74) is 4.18. The first-order valence-corrected chi connectivity index (χ1v) is 27.7. The number of epoxide rings is 1. The maximum Gasteiger partial charge on any atom is 0.409 e. The number of methoxy groups -OCH3 is 2. The van der Waals surface area contributed by atoms with Gasteiger partial charge in [-0.15, -0.1) is 0 Å². The number of anilines is 1. The maximum atomic E-state index is 14.3. The third kappa shape index (κ3) is 17.2. The molecule has 5 amide bonds. The number of hydrogen-bond donors (Lipinski definition) is 6. The number of alkyl carbamates (subject to hydrolysis) is 1. The molecule has 3 aliphatic heterocycles. The van der Waals surface area contributed by atoms with Gasteiger partial charge in [-0.1, -0.05) is 60.5 Å². The smallest absolute Gasteiger partial charge is 0.409 e. The summed E-state index contributed by atoms with van der Waals surface area (Å²) in [6.07, 6.45) is 0.787. The van der Waals surface area contributed by atoms with Crippen molar-refractivity contribution >= 4 is 63.9 Å². The van der Waals surface area contributed by atoms with Crippen molar-refractivity contribution in [1.82, 2.24) is 41.2 Å². The van der Waals surface area contributed by atoms with Gasteiger partial charge in [0.05, 0.1) is 71.3 Å². The largest absolute Gasteiger partial charge is 0.495 e. The van der Waals surface area contributed by atoms with Gasteiger partial charge in [-0.3, -0.25) is 29.9 Å². The van der Waals surface area contributed by atoms with Crippen molar-refractivity contribution in [2.45, 2.75) is 115 Å². The molecule has 6 rings (SSSR count). The molecule has 0 saturated carbocycles. The Morgan fingerprint density at radius 1 is 0.988 bits per heavy atom. The summed E-state index contributed by atoms with van der Waals surface area (Å²) in [6.45, 7) is 9.89. The van der Waals surface area contributed by atoms with Gasteiger partial charge in [0.1, 0.15) is 40.7 Å². The Balaban J connectivity index is 0.929. The second-order valence-corrected chi connectivity index (χ2v) is 21.3. The molecular weight excluding hydrogens is 1070 g/mol. The zero-order valence-corrected chi connectivity index (χ0v) is 49.0. The number of fused-ring (bicyclic) bond motifs is 6. The Morgan fingerprint density at radius 3 is 2.44 bits per heavy atom. The lowest BCUT2D eigenvalue weighted by Gasteiger charge is -2.42. The van der Waals surface area contributed by atoms with Crippen LogP contribution in [-0.2, 0) is 71.9 Å². The molecule has 3 aliphatic rings. The molecule has 0 radical (unpaired) electrons. The van der Waals surface area contributed by atoms with E-state index in [1.165, 1.54) is 38.0 Å². The molecule has 4 heterocycles. The van der Waals surface area contributed by atoms with Crippen LogP contribution in [0.25, 0.3) is 10.9 Å². The second-order valence-electron chi connectivity index (χ2n) is 20.9. The number of nitrogens with zero attached hydrogens (tertiary/aromatic N) is 4. The first-order valence-electron chi connectivity index (χ1n) is 27.3. The maximum absolute atomic E-state index is 14.3. The Morgan fingerprint density at radius 2 is 1.72 bits per heavy atom. The monoisotopic (exact) mass is 1150 g/mol. The average Bonchev–Trinajstić information content (AvgIpc) is 2.64. The number of aryl methyl sites for hydroxylation is 1. The number of amides is 5. The van der Waals surface area contributed by atoms with E-state index >= 15 is 0 Å². The minimum Gasteiger partial charge on any atom is -0.495 e. The van der Waals surface area contributed by atoms with Gasteiger partial charge in [0, 0.05) is 84.4 Å². The molecule has 0 aliphatic carbocycles. The van der Waals surface area contributed by atoms with Gasteiger partial charge < -0.3 is 68.6 Å². The van der Waals surface area contributed by atoms with Gasteiger partial charge in [-0.05, 0) is 69.5 Å². The number of para-hydroxylation sites is 1. The van der Waals surface area contributed by atoms with Crippen LogP contribution < -0.4 is 36.3 Å². The summed E-state index contributed by atoms with van der Waals surface area (Å²) in [5, 5.41) is 26.4. The van der Waals surface area contributed by atoms with E-state index in [-0.39, 0.29) is 75.6 Å². The molecule has 2 aromatic carbocycles. The average molecular weight is 1150 g/mol. The highest BCUT2D eigenvalue weighted by molar-refractivity contribution is 6.35. The summed E-state index contributed by atoms with van der Waals surface area (Å²) >= 11 is 6.82. The molecule has 2 fully saturated rings. The van der Waals surface area contributed by atoms with Crippen LogP contribution in [0.15, 0.2) is 66.3 Å². The summed E-state index contributed by atoms with van der Waals surface area (Å²) in [7, 11) is 9.74. The van der Waals surface area contributed by atoms with Crippen LogP contribution in [0.5, 0.6) is 5.75 Å². The van der Waals surface area contributed by atoms with Crippen molar-refractivity contribution in [2.24, 2.45) is 5.92 Å². The third-order valence-corrected chi connectivity index (χ3v) is 15.5. The van der Waals surface area contributed by atoms with Crippen LogP contribution in [0.4, 0.5) is 10.5 Å². The number of hydrazine groups is 1. The fourth-order valence-corrected chi connectivity index (χ4v) is 10.3. The van der Waals surface area contributed by atoms with E-state index in [0.29, 0.717) is 50.5 Å². The van der Waals surface area contributed by atoms with E-state index < -0.39 is 71.6 Å². The highest BCUT2D eigenvalue weighted by Gasteiger charge is 2.64. The molecule has 4 bridgehead atoms. The van der Waals surface area contributed by atoms with E-state index in [4.69, 9.17) is 44.8 Å². The normalized spacial score (nSPS) is 23.4. The van der Waals surface area contributed by atoms with E-state index in [9.17, 15) is 33.9 Å². The Hall–Kier alpha value is -6.15. The number of likely N-dealkylation sites (N-methyl/N-ethyl adjacent to an activating group) is 1. The number of aromatic nitrogens is 1. The number of esters is 1. The number of benzene rings is 2. The van der Waals surface area contributed by atoms with Gasteiger partial charge in [-0.25, -0.2) is 14.6 Å². The summed E-state index contributed by atoms with van der Waals surface area (Å²) in [4.78, 5) is 82.4. The Labute approximate surface area is 479 Å². The molecule has 1 aromatic heterocycles.